The van der Waals surface area contributed by atoms with Gasteiger partial charge in [-0.3, -0.25) is 9.59 Å². The summed E-state index contributed by atoms with van der Waals surface area (Å²) in [5, 5.41) is 29.6. The second kappa shape index (κ2) is 8.74. The number of aliphatic carboxylic acids is 1. The number of benzene rings is 2. The molecule has 202 valence electrons. The van der Waals surface area contributed by atoms with Crippen molar-refractivity contribution in [2.24, 2.45) is 0 Å². The first-order valence-corrected chi connectivity index (χ1v) is 12.1. The first kappa shape index (κ1) is 26.1. The Morgan fingerprint density at radius 2 is 1.79 bits per heavy atom. The van der Waals surface area contributed by atoms with Gasteiger partial charge < -0.3 is 29.4 Å². The maximum absolute atomic E-state index is 15.3. The first-order valence-electron chi connectivity index (χ1n) is 12.1. The number of carbonyl (C=O) groups is 2. The number of rotatable bonds is 9. The lowest BCUT2D eigenvalue weighted by Gasteiger charge is -2.23. The summed E-state index contributed by atoms with van der Waals surface area (Å²) in [4.78, 5) is 25.3. The highest BCUT2D eigenvalue weighted by Gasteiger charge is 2.52. The predicted molar refractivity (Wildman–Crippen MR) is 128 cm³/mol. The van der Waals surface area contributed by atoms with Crippen molar-refractivity contribution >= 4 is 22.7 Å². The average molecular weight is 533 g/mol. The topological polar surface area (TPSA) is 118 Å². The molecule has 1 fully saturated rings. The van der Waals surface area contributed by atoms with Crippen LogP contribution in [0, 0.1) is 5.82 Å². The molecule has 1 aliphatic carbocycles. The smallest absolute Gasteiger partial charge is 0.481 e. The number of aliphatic hydroxyl groups excluding tert-OH is 2. The Balaban J connectivity index is 1.48. The first-order chi connectivity index (χ1) is 17.8. The Morgan fingerprint density at radius 3 is 2.42 bits per heavy atom. The van der Waals surface area contributed by atoms with Crippen molar-refractivity contribution in [2.45, 2.75) is 62.9 Å². The Labute approximate surface area is 215 Å². The van der Waals surface area contributed by atoms with Gasteiger partial charge in [-0.1, -0.05) is 6.07 Å². The number of nitrogens with zero attached hydrogens (tertiary/aromatic N) is 1. The van der Waals surface area contributed by atoms with E-state index in [9.17, 15) is 33.7 Å². The van der Waals surface area contributed by atoms with Crippen LogP contribution in [0.4, 0.5) is 13.2 Å². The fourth-order valence-electron chi connectivity index (χ4n) is 5.00. The molecular formula is C27H26F3NO7. The standard InChI is InChI=1S/C27H26F3NO7/c1-25(2,24(35)36)22-8-15-7-14(18(28)11-19(15)31(22)12-17(33)13-32)9-23(34)26(5-6-26)16-3-4-20-21(10-16)38-27(29,30)37-20/h3-4,7-8,10-11,17,32-33H,5-6,9,12-13H2,1-2H3,(H,35,36)/t17-/m1/s1. The molecule has 1 aromatic heterocycles. The number of Topliss-reactive ketones (excluding diaryl/α,β-unsaturated/α-hetero) is 1. The molecule has 5 rings (SSSR count). The molecule has 2 aliphatic rings. The second-order valence-electron chi connectivity index (χ2n) is 10.4. The number of hydrogen-bond donors (Lipinski definition) is 3. The third-order valence-electron chi connectivity index (χ3n) is 7.44. The Bertz CT molecular complexity index is 1460. The van der Waals surface area contributed by atoms with Crippen LogP contribution in [0.1, 0.15) is 43.5 Å². The normalized spacial score (nSPS) is 18.0. The molecule has 11 heteroatoms. The van der Waals surface area contributed by atoms with Crippen molar-refractivity contribution in [3.63, 3.8) is 0 Å². The number of aliphatic hydroxyl groups is 2. The zero-order valence-electron chi connectivity index (χ0n) is 20.6. The minimum atomic E-state index is -3.78. The summed E-state index contributed by atoms with van der Waals surface area (Å²) >= 11 is 0. The lowest BCUT2D eigenvalue weighted by molar-refractivity contribution is -0.286. The van der Waals surface area contributed by atoms with Crippen molar-refractivity contribution in [3.8, 4) is 11.5 Å². The van der Waals surface area contributed by atoms with Crippen molar-refractivity contribution in [1.29, 1.82) is 0 Å². The summed E-state index contributed by atoms with van der Waals surface area (Å²) in [6.45, 7) is 2.23. The van der Waals surface area contributed by atoms with Crippen LogP contribution in [0.3, 0.4) is 0 Å². The summed E-state index contributed by atoms with van der Waals surface area (Å²) in [5.41, 5.74) is -1.15. The largest absolute Gasteiger partial charge is 0.586 e. The van der Waals surface area contributed by atoms with E-state index >= 15 is 4.39 Å². The number of fused-ring (bicyclic) bond motifs is 2. The molecule has 3 N–H and O–H groups in total. The quantitative estimate of drug-likeness (QED) is 0.384. The van der Waals surface area contributed by atoms with Gasteiger partial charge in [0, 0.05) is 17.5 Å². The van der Waals surface area contributed by atoms with E-state index in [1.54, 1.807) is 6.07 Å². The Hall–Kier alpha value is -3.57. The molecule has 38 heavy (non-hydrogen) atoms. The van der Waals surface area contributed by atoms with Crippen LogP contribution in [0.2, 0.25) is 0 Å². The van der Waals surface area contributed by atoms with E-state index in [4.69, 9.17) is 0 Å². The van der Waals surface area contributed by atoms with Gasteiger partial charge in [-0.15, -0.1) is 8.78 Å². The van der Waals surface area contributed by atoms with Gasteiger partial charge in [0.15, 0.2) is 11.5 Å². The number of carboxylic acids is 1. The maximum atomic E-state index is 15.3. The van der Waals surface area contributed by atoms with Crippen LogP contribution >= 0.6 is 0 Å². The van der Waals surface area contributed by atoms with E-state index in [1.165, 1.54) is 48.7 Å². The number of alkyl halides is 2. The molecule has 1 atom stereocenters. The average Bonchev–Trinajstić information content (AvgIpc) is 3.50. The van der Waals surface area contributed by atoms with E-state index in [0.29, 0.717) is 35.0 Å². The third-order valence-corrected chi connectivity index (χ3v) is 7.44. The number of carbonyl (C=O) groups excluding carboxylic acids is 1. The van der Waals surface area contributed by atoms with Crippen molar-refractivity contribution in [2.75, 3.05) is 6.61 Å². The molecular weight excluding hydrogens is 507 g/mol. The molecule has 0 radical (unpaired) electrons. The van der Waals surface area contributed by atoms with Crippen LogP contribution in [0.25, 0.3) is 10.9 Å². The van der Waals surface area contributed by atoms with Gasteiger partial charge in [-0.2, -0.15) is 0 Å². The highest BCUT2D eigenvalue weighted by atomic mass is 19.3. The van der Waals surface area contributed by atoms with Crippen LogP contribution in [-0.4, -0.2) is 50.6 Å². The van der Waals surface area contributed by atoms with Gasteiger partial charge in [-0.25, -0.2) is 4.39 Å². The van der Waals surface area contributed by atoms with Gasteiger partial charge in [0.25, 0.3) is 0 Å². The number of carboxylic acid groups (broad SMARTS) is 1. The van der Waals surface area contributed by atoms with Crippen LogP contribution in [0.5, 0.6) is 11.5 Å². The summed E-state index contributed by atoms with van der Waals surface area (Å²) in [6, 6.07) is 8.44. The monoisotopic (exact) mass is 533 g/mol. The van der Waals surface area contributed by atoms with Crippen LogP contribution < -0.4 is 9.47 Å². The zero-order valence-corrected chi connectivity index (χ0v) is 20.6. The van der Waals surface area contributed by atoms with Gasteiger partial charge in [0.1, 0.15) is 17.0 Å². The number of ketones is 1. The molecule has 3 aromatic rings. The van der Waals surface area contributed by atoms with E-state index in [1.807, 2.05) is 0 Å². The number of halogens is 3. The van der Waals surface area contributed by atoms with E-state index in [0.717, 1.165) is 0 Å². The van der Waals surface area contributed by atoms with Crippen LogP contribution in [0.15, 0.2) is 36.4 Å². The van der Waals surface area contributed by atoms with E-state index < -0.39 is 41.6 Å². The molecule has 0 amide bonds. The maximum Gasteiger partial charge on any atom is 0.586 e. The van der Waals surface area contributed by atoms with Crippen LogP contribution in [-0.2, 0) is 33.4 Å². The number of hydrogen-bond acceptors (Lipinski definition) is 6. The minimum absolute atomic E-state index is 0.0978. The predicted octanol–water partition coefficient (Wildman–Crippen LogP) is 3.66. The lowest BCUT2D eigenvalue weighted by Crippen LogP contribution is -2.33. The fraction of sp³-hybridized carbons (Fsp3) is 0.407. The van der Waals surface area contributed by atoms with Crippen molar-refractivity contribution in [3.05, 3.63) is 59.0 Å². The van der Waals surface area contributed by atoms with Gasteiger partial charge >= 0.3 is 12.3 Å². The van der Waals surface area contributed by atoms with Crippen molar-refractivity contribution < 1.29 is 47.6 Å². The zero-order chi connectivity index (χ0) is 27.6. The SMILES string of the molecule is CC(C)(C(=O)O)c1cc2cc(CC(=O)C3(c4ccc5c(c4)OC(F)(F)O5)CC3)c(F)cc2n1C[C@@H](O)CO. The molecule has 0 saturated heterocycles. The number of aromatic nitrogens is 1. The third kappa shape index (κ3) is 4.29. The van der Waals surface area contributed by atoms with Gasteiger partial charge in [0.2, 0.25) is 0 Å². The highest BCUT2D eigenvalue weighted by Crippen LogP contribution is 2.52. The van der Waals surface area contributed by atoms with Gasteiger partial charge in [-0.05, 0) is 68.1 Å². The molecule has 1 saturated carbocycles. The van der Waals surface area contributed by atoms with E-state index in [2.05, 4.69) is 9.47 Å². The van der Waals surface area contributed by atoms with E-state index in [-0.39, 0.29) is 35.8 Å². The van der Waals surface area contributed by atoms with Crippen molar-refractivity contribution in [1.82, 2.24) is 4.57 Å². The number of ether oxygens (including phenoxy) is 2. The molecule has 8 nitrogen and oxygen atoms in total. The Morgan fingerprint density at radius 1 is 1.11 bits per heavy atom. The van der Waals surface area contributed by atoms with Gasteiger partial charge in [0.05, 0.1) is 30.2 Å². The summed E-state index contributed by atoms with van der Waals surface area (Å²) in [7, 11) is 0. The summed E-state index contributed by atoms with van der Waals surface area (Å²) < 4.78 is 52.5. The fourth-order valence-corrected chi connectivity index (χ4v) is 5.00. The molecule has 2 aromatic carbocycles. The summed E-state index contributed by atoms with van der Waals surface area (Å²) in [5.74, 6) is -2.41. The summed E-state index contributed by atoms with van der Waals surface area (Å²) in [6.07, 6.45) is -4.31. The molecule has 0 bridgehead atoms. The molecule has 2 heterocycles. The molecule has 0 spiro atoms. The highest BCUT2D eigenvalue weighted by molar-refractivity contribution is 5.96. The molecule has 0 unspecified atom stereocenters. The minimum Gasteiger partial charge on any atom is -0.481 e. The molecule has 1 aliphatic heterocycles. The lowest BCUT2D eigenvalue weighted by atomic mass is 9.87. The Kier molecular flexibility index (Phi) is 5.99. The second-order valence-corrected chi connectivity index (χ2v) is 10.4.